The van der Waals surface area contributed by atoms with Crippen LogP contribution >= 0.6 is 0 Å². The van der Waals surface area contributed by atoms with Gasteiger partial charge in [-0.2, -0.15) is 0 Å². The van der Waals surface area contributed by atoms with Gasteiger partial charge in [-0.1, -0.05) is 0 Å². The van der Waals surface area contributed by atoms with E-state index < -0.39 is 23.3 Å². The predicted molar refractivity (Wildman–Crippen MR) is 53.4 cm³/mol. The predicted octanol–water partition coefficient (Wildman–Crippen LogP) is 1.15. The van der Waals surface area contributed by atoms with Crippen molar-refractivity contribution in [3.63, 3.8) is 0 Å². The standard InChI is InChI=1S/C11H16O5/c1-3-14-8(12)10(2)15-9(13)11(16-10)6-4-5-7-11/h3-7H2,1-2H3. The van der Waals surface area contributed by atoms with E-state index in [1.54, 1.807) is 6.92 Å². The number of carbonyl (C=O) groups excluding carboxylic acids is 2. The first-order valence-corrected chi connectivity index (χ1v) is 5.63. The average molecular weight is 228 g/mol. The normalized spacial score (nSPS) is 31.8. The Morgan fingerprint density at radius 2 is 2.06 bits per heavy atom. The van der Waals surface area contributed by atoms with Gasteiger partial charge in [-0.3, -0.25) is 0 Å². The minimum absolute atomic E-state index is 0.238. The molecule has 1 atom stereocenters. The van der Waals surface area contributed by atoms with Crippen molar-refractivity contribution in [2.45, 2.75) is 50.9 Å². The number of ether oxygens (including phenoxy) is 3. The second kappa shape index (κ2) is 3.73. The lowest BCUT2D eigenvalue weighted by atomic mass is 10.0. The van der Waals surface area contributed by atoms with Crippen LogP contribution in [0.2, 0.25) is 0 Å². The minimum Gasteiger partial charge on any atom is -0.461 e. The quantitative estimate of drug-likeness (QED) is 0.663. The molecule has 2 aliphatic rings. The molecule has 1 aliphatic carbocycles. The third-order valence-corrected chi connectivity index (χ3v) is 3.11. The van der Waals surface area contributed by atoms with E-state index in [9.17, 15) is 9.59 Å². The van der Waals surface area contributed by atoms with Crippen LogP contribution in [0.3, 0.4) is 0 Å². The first kappa shape index (κ1) is 11.4. The van der Waals surface area contributed by atoms with Crippen molar-refractivity contribution in [2.24, 2.45) is 0 Å². The van der Waals surface area contributed by atoms with Gasteiger partial charge in [0.15, 0.2) is 5.60 Å². The van der Waals surface area contributed by atoms with Gasteiger partial charge < -0.3 is 14.2 Å². The second-order valence-electron chi connectivity index (χ2n) is 4.36. The lowest BCUT2D eigenvalue weighted by Crippen LogP contribution is -2.41. The fourth-order valence-electron chi connectivity index (χ4n) is 2.30. The van der Waals surface area contributed by atoms with Gasteiger partial charge in [0.2, 0.25) is 0 Å². The monoisotopic (exact) mass is 228 g/mol. The fraction of sp³-hybridized carbons (Fsp3) is 0.818. The highest BCUT2D eigenvalue weighted by Gasteiger charge is 2.60. The second-order valence-corrected chi connectivity index (χ2v) is 4.36. The number of cyclic esters (lactones) is 1. The number of esters is 2. The molecule has 0 aromatic carbocycles. The summed E-state index contributed by atoms with van der Waals surface area (Å²) in [4.78, 5) is 23.4. The van der Waals surface area contributed by atoms with E-state index in [1.165, 1.54) is 6.92 Å². The maximum absolute atomic E-state index is 11.8. The molecule has 5 heteroatoms. The van der Waals surface area contributed by atoms with Crippen LogP contribution in [0.4, 0.5) is 0 Å². The zero-order valence-corrected chi connectivity index (χ0v) is 9.58. The molecule has 2 rings (SSSR count). The van der Waals surface area contributed by atoms with Crippen LogP contribution in [-0.4, -0.2) is 29.9 Å². The maximum Gasteiger partial charge on any atom is 0.379 e. The molecule has 1 unspecified atom stereocenters. The molecule has 1 aliphatic heterocycles. The molecule has 0 radical (unpaired) electrons. The van der Waals surface area contributed by atoms with Crippen molar-refractivity contribution >= 4 is 11.9 Å². The topological polar surface area (TPSA) is 61.8 Å². The summed E-state index contributed by atoms with van der Waals surface area (Å²) in [7, 11) is 0. The van der Waals surface area contributed by atoms with Gasteiger partial charge >= 0.3 is 17.7 Å². The van der Waals surface area contributed by atoms with E-state index in [0.717, 1.165) is 12.8 Å². The summed E-state index contributed by atoms with van der Waals surface area (Å²) < 4.78 is 15.5. The molecule has 0 aromatic heterocycles. The number of hydrogen-bond acceptors (Lipinski definition) is 5. The number of rotatable bonds is 2. The van der Waals surface area contributed by atoms with E-state index in [4.69, 9.17) is 14.2 Å². The Labute approximate surface area is 94.0 Å². The zero-order chi connectivity index (χ0) is 11.8. The molecule has 0 aromatic rings. The molecule has 1 saturated heterocycles. The third-order valence-electron chi connectivity index (χ3n) is 3.11. The molecule has 1 saturated carbocycles. The molecule has 90 valence electrons. The molecular weight excluding hydrogens is 212 g/mol. The van der Waals surface area contributed by atoms with Gasteiger partial charge in [-0.25, -0.2) is 9.59 Å². The van der Waals surface area contributed by atoms with Crippen LogP contribution in [0, 0.1) is 0 Å². The summed E-state index contributed by atoms with van der Waals surface area (Å²) in [6.45, 7) is 3.38. The summed E-state index contributed by atoms with van der Waals surface area (Å²) in [5.41, 5.74) is -0.901. The summed E-state index contributed by atoms with van der Waals surface area (Å²) in [6.07, 6.45) is 3.10. The lowest BCUT2D eigenvalue weighted by molar-refractivity contribution is -0.212. The van der Waals surface area contributed by atoms with Crippen LogP contribution in [0.5, 0.6) is 0 Å². The minimum atomic E-state index is -1.56. The van der Waals surface area contributed by atoms with Crippen molar-refractivity contribution in [1.29, 1.82) is 0 Å². The zero-order valence-electron chi connectivity index (χ0n) is 9.58. The molecule has 0 amide bonds. The summed E-state index contributed by atoms with van der Waals surface area (Å²) >= 11 is 0. The number of hydrogen-bond donors (Lipinski definition) is 0. The fourth-order valence-corrected chi connectivity index (χ4v) is 2.30. The Morgan fingerprint density at radius 1 is 1.44 bits per heavy atom. The molecule has 5 nitrogen and oxygen atoms in total. The van der Waals surface area contributed by atoms with Crippen LogP contribution in [0.1, 0.15) is 39.5 Å². The highest BCUT2D eigenvalue weighted by Crippen LogP contribution is 2.43. The molecule has 1 spiro atoms. The van der Waals surface area contributed by atoms with E-state index in [1.807, 2.05) is 0 Å². The first-order chi connectivity index (χ1) is 7.52. The third kappa shape index (κ3) is 1.59. The van der Waals surface area contributed by atoms with E-state index in [0.29, 0.717) is 12.8 Å². The van der Waals surface area contributed by atoms with Crippen LogP contribution in [-0.2, 0) is 23.8 Å². The molecule has 2 fully saturated rings. The Morgan fingerprint density at radius 3 is 2.62 bits per heavy atom. The molecule has 0 bridgehead atoms. The Bertz CT molecular complexity index is 318. The van der Waals surface area contributed by atoms with Gasteiger partial charge in [-0.15, -0.1) is 0 Å². The van der Waals surface area contributed by atoms with Crippen LogP contribution < -0.4 is 0 Å². The molecule has 0 N–H and O–H groups in total. The number of carbonyl (C=O) groups is 2. The van der Waals surface area contributed by atoms with Gasteiger partial charge in [-0.05, 0) is 32.6 Å². The Kier molecular flexibility index (Phi) is 2.66. The van der Waals surface area contributed by atoms with E-state index >= 15 is 0 Å². The van der Waals surface area contributed by atoms with Crippen molar-refractivity contribution in [3.05, 3.63) is 0 Å². The molecule has 1 heterocycles. The highest BCUT2D eigenvalue weighted by atomic mass is 16.8. The van der Waals surface area contributed by atoms with Gasteiger partial charge in [0.25, 0.3) is 0 Å². The SMILES string of the molecule is CCOC(=O)C1(C)OC(=O)C2(CCCC2)O1. The van der Waals surface area contributed by atoms with Gasteiger partial charge in [0, 0.05) is 6.92 Å². The summed E-state index contributed by atoms with van der Waals surface area (Å²) in [5, 5.41) is 0. The van der Waals surface area contributed by atoms with Crippen molar-refractivity contribution in [2.75, 3.05) is 6.61 Å². The van der Waals surface area contributed by atoms with Crippen molar-refractivity contribution < 1.29 is 23.8 Å². The Balaban J connectivity index is 2.16. The average Bonchev–Trinajstić information content (AvgIpc) is 2.76. The first-order valence-electron chi connectivity index (χ1n) is 5.63. The molecule has 16 heavy (non-hydrogen) atoms. The van der Waals surface area contributed by atoms with Gasteiger partial charge in [0.1, 0.15) is 0 Å². The van der Waals surface area contributed by atoms with Gasteiger partial charge in [0.05, 0.1) is 6.61 Å². The summed E-state index contributed by atoms with van der Waals surface area (Å²) in [6, 6.07) is 0. The maximum atomic E-state index is 11.8. The highest BCUT2D eigenvalue weighted by molar-refractivity contribution is 5.89. The Hall–Kier alpha value is -1.10. The van der Waals surface area contributed by atoms with E-state index in [2.05, 4.69) is 0 Å². The van der Waals surface area contributed by atoms with Crippen molar-refractivity contribution in [3.8, 4) is 0 Å². The van der Waals surface area contributed by atoms with Crippen molar-refractivity contribution in [1.82, 2.24) is 0 Å². The molecular formula is C11H16O5. The van der Waals surface area contributed by atoms with E-state index in [-0.39, 0.29) is 6.61 Å². The smallest absolute Gasteiger partial charge is 0.379 e. The lowest BCUT2D eigenvalue weighted by Gasteiger charge is -2.22. The summed E-state index contributed by atoms with van der Waals surface area (Å²) in [5.74, 6) is -2.62. The largest absolute Gasteiger partial charge is 0.461 e. The van der Waals surface area contributed by atoms with Crippen LogP contribution in [0.15, 0.2) is 0 Å². The van der Waals surface area contributed by atoms with Crippen LogP contribution in [0.25, 0.3) is 0 Å².